The molecule has 208 valence electrons. The first kappa shape index (κ1) is 28.6. The van der Waals surface area contributed by atoms with Crippen LogP contribution in [-0.2, 0) is 16.7 Å². The van der Waals surface area contributed by atoms with Gasteiger partial charge in [0.15, 0.2) is 0 Å². The topological polar surface area (TPSA) is 103 Å². The maximum absolute atomic E-state index is 13.2. The molecule has 2 aromatic heterocycles. The van der Waals surface area contributed by atoms with Crippen LogP contribution in [0, 0.1) is 0 Å². The standard InChI is InChI=1S/C29H37N7O2.ClH/c1-20(36-11-13-38-14-12-36)17-32-26-15-21(8-10-30-26)18-33-27-23(5-4-9-31-27)28(37)35-22-6-7-24-25(16-22)34-19-29(24,2)3;/h4-10,15-16,20,34H,11-14,17-19H2,1-3H3,(H,30,32)(H,31,33)(H,35,37);1H. The molecule has 1 saturated heterocycles. The van der Waals surface area contributed by atoms with Gasteiger partial charge in [-0.15, -0.1) is 12.4 Å². The summed E-state index contributed by atoms with van der Waals surface area (Å²) in [4.78, 5) is 24.5. The monoisotopic (exact) mass is 551 g/mol. The molecular weight excluding hydrogens is 514 g/mol. The fraction of sp³-hybridized carbons (Fsp3) is 0.414. The zero-order valence-electron chi connectivity index (χ0n) is 22.8. The van der Waals surface area contributed by atoms with Crippen LogP contribution in [0.25, 0.3) is 0 Å². The Bertz CT molecular complexity index is 1280. The highest BCUT2D eigenvalue weighted by Crippen LogP contribution is 2.37. The first-order valence-corrected chi connectivity index (χ1v) is 13.3. The summed E-state index contributed by atoms with van der Waals surface area (Å²) in [6.07, 6.45) is 3.49. The van der Waals surface area contributed by atoms with Crippen LogP contribution in [-0.4, -0.2) is 66.2 Å². The summed E-state index contributed by atoms with van der Waals surface area (Å²) in [6, 6.07) is 14.0. The number of fused-ring (bicyclic) bond motifs is 1. The molecule has 4 N–H and O–H groups in total. The fourth-order valence-electron chi connectivity index (χ4n) is 4.96. The molecule has 1 aromatic carbocycles. The van der Waals surface area contributed by atoms with E-state index in [1.807, 2.05) is 24.3 Å². The second kappa shape index (κ2) is 12.6. The number of ether oxygens (including phenoxy) is 1. The molecular formula is C29H38ClN7O2. The van der Waals surface area contributed by atoms with Crippen LogP contribution in [0.15, 0.2) is 54.9 Å². The number of aromatic nitrogens is 2. The molecule has 5 rings (SSSR count). The molecule has 0 bridgehead atoms. The maximum atomic E-state index is 13.2. The van der Waals surface area contributed by atoms with Crippen molar-refractivity contribution in [2.45, 2.75) is 38.8 Å². The third kappa shape index (κ3) is 6.98. The number of morpholine rings is 1. The molecule has 4 heterocycles. The van der Waals surface area contributed by atoms with Gasteiger partial charge in [-0.3, -0.25) is 9.69 Å². The highest BCUT2D eigenvalue weighted by Gasteiger charge is 2.29. The van der Waals surface area contributed by atoms with E-state index >= 15 is 0 Å². The number of rotatable bonds is 9. The highest BCUT2D eigenvalue weighted by molar-refractivity contribution is 6.07. The molecule has 0 spiro atoms. The van der Waals surface area contributed by atoms with E-state index in [2.05, 4.69) is 63.0 Å². The minimum Gasteiger partial charge on any atom is -0.384 e. The van der Waals surface area contributed by atoms with Gasteiger partial charge in [-0.25, -0.2) is 9.97 Å². The Labute approximate surface area is 236 Å². The second-order valence-electron chi connectivity index (χ2n) is 10.6. The molecule has 2 aliphatic rings. The van der Waals surface area contributed by atoms with Crippen molar-refractivity contribution < 1.29 is 9.53 Å². The second-order valence-corrected chi connectivity index (χ2v) is 10.6. The zero-order chi connectivity index (χ0) is 26.5. The minimum absolute atomic E-state index is 0. The van der Waals surface area contributed by atoms with Gasteiger partial charge in [-0.2, -0.15) is 0 Å². The molecule has 0 aliphatic carbocycles. The summed E-state index contributed by atoms with van der Waals surface area (Å²) < 4.78 is 5.45. The number of nitrogens with zero attached hydrogens (tertiary/aromatic N) is 3. The molecule has 0 saturated carbocycles. The Balaban J connectivity index is 0.00000353. The molecule has 0 radical (unpaired) electrons. The van der Waals surface area contributed by atoms with Gasteiger partial charge in [0.25, 0.3) is 5.91 Å². The van der Waals surface area contributed by atoms with Crippen LogP contribution in [0.3, 0.4) is 0 Å². The smallest absolute Gasteiger partial charge is 0.259 e. The summed E-state index contributed by atoms with van der Waals surface area (Å²) in [7, 11) is 0. The van der Waals surface area contributed by atoms with E-state index in [1.165, 1.54) is 5.56 Å². The fourth-order valence-corrected chi connectivity index (χ4v) is 4.96. The number of carbonyl (C=O) groups is 1. The van der Waals surface area contributed by atoms with Crippen molar-refractivity contribution in [3.63, 3.8) is 0 Å². The van der Waals surface area contributed by atoms with Crippen molar-refractivity contribution in [2.75, 3.05) is 60.7 Å². The average Bonchev–Trinajstić information content (AvgIpc) is 3.25. The molecule has 1 atom stereocenters. The van der Waals surface area contributed by atoms with Gasteiger partial charge in [0.05, 0.1) is 18.8 Å². The lowest BCUT2D eigenvalue weighted by Gasteiger charge is -2.32. The number of halogens is 1. The highest BCUT2D eigenvalue weighted by atomic mass is 35.5. The molecule has 1 amide bonds. The third-order valence-corrected chi connectivity index (χ3v) is 7.31. The van der Waals surface area contributed by atoms with E-state index < -0.39 is 0 Å². The molecule has 3 aromatic rings. The summed E-state index contributed by atoms with van der Waals surface area (Å²) in [5.74, 6) is 1.17. The van der Waals surface area contributed by atoms with Gasteiger partial charge in [0.2, 0.25) is 0 Å². The Morgan fingerprint density at radius 1 is 1.10 bits per heavy atom. The van der Waals surface area contributed by atoms with Gasteiger partial charge in [0.1, 0.15) is 11.6 Å². The SMILES string of the molecule is CC(CNc1cc(CNc2ncccc2C(=O)Nc2ccc3c(c2)NCC3(C)C)ccn1)N1CCOCC1.Cl. The molecule has 1 unspecified atom stereocenters. The molecule has 39 heavy (non-hydrogen) atoms. The van der Waals surface area contributed by atoms with Crippen LogP contribution in [0.5, 0.6) is 0 Å². The van der Waals surface area contributed by atoms with Crippen LogP contribution >= 0.6 is 12.4 Å². The number of benzene rings is 1. The Morgan fingerprint density at radius 3 is 2.74 bits per heavy atom. The van der Waals surface area contributed by atoms with E-state index in [4.69, 9.17) is 4.74 Å². The van der Waals surface area contributed by atoms with Crippen molar-refractivity contribution in [2.24, 2.45) is 0 Å². The quantitative estimate of drug-likeness (QED) is 0.306. The zero-order valence-corrected chi connectivity index (χ0v) is 23.6. The van der Waals surface area contributed by atoms with E-state index in [0.29, 0.717) is 24.0 Å². The summed E-state index contributed by atoms with van der Waals surface area (Å²) in [6.45, 7) is 12.4. The Hall–Kier alpha value is -3.40. The number of hydrogen-bond acceptors (Lipinski definition) is 8. The molecule has 9 nitrogen and oxygen atoms in total. The van der Waals surface area contributed by atoms with Crippen molar-refractivity contribution in [3.8, 4) is 0 Å². The number of carbonyl (C=O) groups excluding carboxylic acids is 1. The van der Waals surface area contributed by atoms with Crippen molar-refractivity contribution in [1.29, 1.82) is 0 Å². The first-order chi connectivity index (χ1) is 18.4. The molecule has 1 fully saturated rings. The predicted octanol–water partition coefficient (Wildman–Crippen LogP) is 4.60. The van der Waals surface area contributed by atoms with Crippen LogP contribution in [0.1, 0.15) is 42.3 Å². The summed E-state index contributed by atoms with van der Waals surface area (Å²) in [5, 5.41) is 13.2. The number of pyridine rings is 2. The number of hydrogen-bond donors (Lipinski definition) is 4. The lowest BCUT2D eigenvalue weighted by atomic mass is 9.87. The van der Waals surface area contributed by atoms with Gasteiger partial charge in [0, 0.05) is 67.9 Å². The van der Waals surface area contributed by atoms with Crippen molar-refractivity contribution in [1.82, 2.24) is 14.9 Å². The Morgan fingerprint density at radius 2 is 1.92 bits per heavy atom. The number of anilines is 4. The van der Waals surface area contributed by atoms with E-state index in [-0.39, 0.29) is 23.7 Å². The van der Waals surface area contributed by atoms with Gasteiger partial charge in [-0.1, -0.05) is 19.9 Å². The van der Waals surface area contributed by atoms with Crippen LogP contribution in [0.2, 0.25) is 0 Å². The molecule has 10 heteroatoms. The number of amides is 1. The minimum atomic E-state index is -0.202. The predicted molar refractivity (Wildman–Crippen MR) is 159 cm³/mol. The van der Waals surface area contributed by atoms with E-state index in [9.17, 15) is 4.79 Å². The van der Waals surface area contributed by atoms with Crippen LogP contribution in [0.4, 0.5) is 23.0 Å². The van der Waals surface area contributed by atoms with Gasteiger partial charge in [-0.05, 0) is 54.4 Å². The summed E-state index contributed by atoms with van der Waals surface area (Å²) >= 11 is 0. The normalized spacial score (nSPS) is 16.8. The lowest BCUT2D eigenvalue weighted by Crippen LogP contribution is -2.45. The maximum Gasteiger partial charge on any atom is 0.259 e. The number of nitrogens with one attached hydrogen (secondary N) is 4. The largest absolute Gasteiger partial charge is 0.384 e. The van der Waals surface area contributed by atoms with E-state index in [1.54, 1.807) is 24.5 Å². The Kier molecular flexibility index (Phi) is 9.27. The van der Waals surface area contributed by atoms with Gasteiger partial charge >= 0.3 is 0 Å². The van der Waals surface area contributed by atoms with Gasteiger partial charge < -0.3 is 26.0 Å². The first-order valence-electron chi connectivity index (χ1n) is 13.3. The summed E-state index contributed by atoms with van der Waals surface area (Å²) in [5.41, 5.74) is 4.71. The van der Waals surface area contributed by atoms with E-state index in [0.717, 1.165) is 62.1 Å². The van der Waals surface area contributed by atoms with Crippen LogP contribution < -0.4 is 21.3 Å². The third-order valence-electron chi connectivity index (χ3n) is 7.31. The van der Waals surface area contributed by atoms with Crippen molar-refractivity contribution in [3.05, 3.63) is 71.5 Å². The van der Waals surface area contributed by atoms with Crippen molar-refractivity contribution >= 4 is 41.3 Å². The lowest BCUT2D eigenvalue weighted by molar-refractivity contribution is 0.0227. The molecule has 2 aliphatic heterocycles. The average molecular weight is 552 g/mol.